The number of anilines is 1. The van der Waals surface area contributed by atoms with Gasteiger partial charge in [0, 0.05) is 30.2 Å². The van der Waals surface area contributed by atoms with E-state index in [0.29, 0.717) is 31.1 Å². The van der Waals surface area contributed by atoms with Crippen molar-refractivity contribution in [3.8, 4) is 0 Å². The third-order valence-corrected chi connectivity index (χ3v) is 4.83. The maximum atomic E-state index is 13.8. The Morgan fingerprint density at radius 3 is 2.24 bits per heavy atom. The number of aromatic nitrogens is 1. The predicted molar refractivity (Wildman–Crippen MR) is 85.7 cm³/mol. The molecule has 0 spiro atoms. The SMILES string of the molecule is Fc1nc(F)c(F)c(NCC2(c3ccccc3Cl)CCOCC2)c1F. The Morgan fingerprint density at radius 2 is 1.64 bits per heavy atom. The summed E-state index contributed by atoms with van der Waals surface area (Å²) in [6, 6.07) is 7.14. The van der Waals surface area contributed by atoms with Gasteiger partial charge in [-0.15, -0.1) is 0 Å². The molecule has 25 heavy (non-hydrogen) atoms. The minimum absolute atomic E-state index is 0.0385. The van der Waals surface area contributed by atoms with Crippen molar-refractivity contribution in [3.05, 3.63) is 58.4 Å². The van der Waals surface area contributed by atoms with E-state index in [1.807, 2.05) is 12.1 Å². The minimum atomic E-state index is -1.69. The van der Waals surface area contributed by atoms with Gasteiger partial charge in [0.25, 0.3) is 11.9 Å². The normalized spacial score (nSPS) is 16.7. The molecule has 1 aliphatic heterocycles. The van der Waals surface area contributed by atoms with Crippen LogP contribution in [0.2, 0.25) is 5.02 Å². The molecule has 0 amide bonds. The lowest BCUT2D eigenvalue weighted by Gasteiger charge is -2.38. The molecule has 8 heteroatoms. The van der Waals surface area contributed by atoms with Gasteiger partial charge in [0.15, 0.2) is 0 Å². The summed E-state index contributed by atoms with van der Waals surface area (Å²) in [5, 5.41) is 3.03. The van der Waals surface area contributed by atoms with Crippen LogP contribution in [0.1, 0.15) is 18.4 Å². The topological polar surface area (TPSA) is 34.2 Å². The molecule has 1 aromatic heterocycles. The Labute approximate surface area is 147 Å². The molecule has 0 atom stereocenters. The zero-order valence-corrected chi connectivity index (χ0v) is 13.8. The van der Waals surface area contributed by atoms with Gasteiger partial charge < -0.3 is 10.1 Å². The van der Waals surface area contributed by atoms with E-state index in [0.717, 1.165) is 5.56 Å². The number of benzene rings is 1. The van der Waals surface area contributed by atoms with Crippen molar-refractivity contribution < 1.29 is 22.3 Å². The molecule has 3 nitrogen and oxygen atoms in total. The van der Waals surface area contributed by atoms with Gasteiger partial charge in [0.2, 0.25) is 11.6 Å². The Kier molecular flexibility index (Phi) is 5.15. The number of nitrogens with zero attached hydrogens (tertiary/aromatic N) is 1. The maximum absolute atomic E-state index is 13.8. The second kappa shape index (κ2) is 7.17. The molecule has 2 heterocycles. The molecule has 3 rings (SSSR count). The summed E-state index contributed by atoms with van der Waals surface area (Å²) in [6.07, 6.45) is 1.09. The summed E-state index contributed by atoms with van der Waals surface area (Å²) >= 11 is 6.30. The lowest BCUT2D eigenvalue weighted by molar-refractivity contribution is 0.0543. The summed E-state index contributed by atoms with van der Waals surface area (Å²) in [4.78, 5) is 2.55. The standard InChI is InChI=1S/C17H15ClF4N2O/c18-11-4-2-1-3-10(11)17(5-7-25-8-6-17)9-23-14-12(19)15(21)24-16(22)13(14)20/h1-4H,5-9H2,(H,23,24). The van der Waals surface area contributed by atoms with Crippen LogP contribution in [-0.2, 0) is 10.2 Å². The first kappa shape index (κ1) is 17.9. The number of rotatable bonds is 4. The highest BCUT2D eigenvalue weighted by Crippen LogP contribution is 2.39. The first-order valence-electron chi connectivity index (χ1n) is 7.71. The largest absolute Gasteiger partial charge is 0.381 e. The van der Waals surface area contributed by atoms with Gasteiger partial charge in [-0.05, 0) is 24.5 Å². The van der Waals surface area contributed by atoms with Gasteiger partial charge in [-0.3, -0.25) is 0 Å². The smallest absolute Gasteiger partial charge is 0.253 e. The Balaban J connectivity index is 1.95. The molecule has 1 N–H and O–H groups in total. The van der Waals surface area contributed by atoms with Crippen molar-refractivity contribution >= 4 is 17.3 Å². The highest BCUT2D eigenvalue weighted by Gasteiger charge is 2.36. The molecule has 1 saturated heterocycles. The van der Waals surface area contributed by atoms with Crippen molar-refractivity contribution in [3.63, 3.8) is 0 Å². The number of nitrogens with one attached hydrogen (secondary N) is 1. The molecular formula is C17H15ClF4N2O. The van der Waals surface area contributed by atoms with E-state index in [4.69, 9.17) is 16.3 Å². The average molecular weight is 375 g/mol. The van der Waals surface area contributed by atoms with Crippen molar-refractivity contribution in [1.29, 1.82) is 0 Å². The summed E-state index contributed by atoms with van der Waals surface area (Å²) in [6.45, 7) is 0.921. The van der Waals surface area contributed by atoms with E-state index in [9.17, 15) is 17.6 Å². The first-order chi connectivity index (χ1) is 11.9. The van der Waals surface area contributed by atoms with E-state index >= 15 is 0 Å². The molecular weight excluding hydrogens is 360 g/mol. The molecule has 2 aromatic rings. The van der Waals surface area contributed by atoms with Crippen LogP contribution in [0, 0.1) is 23.5 Å². The van der Waals surface area contributed by atoms with Crippen LogP contribution in [0.4, 0.5) is 23.2 Å². The molecule has 0 saturated carbocycles. The van der Waals surface area contributed by atoms with Gasteiger partial charge in [-0.2, -0.15) is 22.5 Å². The molecule has 0 unspecified atom stereocenters. The van der Waals surface area contributed by atoms with Crippen LogP contribution < -0.4 is 5.32 Å². The van der Waals surface area contributed by atoms with Crippen LogP contribution in [0.15, 0.2) is 24.3 Å². The van der Waals surface area contributed by atoms with Crippen molar-refractivity contribution in [2.75, 3.05) is 25.1 Å². The number of halogens is 5. The molecule has 0 radical (unpaired) electrons. The number of ether oxygens (including phenoxy) is 1. The number of pyridine rings is 1. The van der Waals surface area contributed by atoms with Crippen molar-refractivity contribution in [1.82, 2.24) is 4.98 Å². The van der Waals surface area contributed by atoms with E-state index in [2.05, 4.69) is 10.3 Å². The van der Waals surface area contributed by atoms with E-state index < -0.39 is 34.6 Å². The fraction of sp³-hybridized carbons (Fsp3) is 0.353. The van der Waals surface area contributed by atoms with E-state index in [1.54, 1.807) is 12.1 Å². The van der Waals surface area contributed by atoms with Gasteiger partial charge in [-0.25, -0.2) is 0 Å². The molecule has 1 aromatic carbocycles. The third kappa shape index (κ3) is 3.43. The summed E-state index contributed by atoms with van der Waals surface area (Å²) in [5.74, 6) is -6.50. The number of hydrogen-bond donors (Lipinski definition) is 1. The Morgan fingerprint density at radius 1 is 1.04 bits per heavy atom. The first-order valence-corrected chi connectivity index (χ1v) is 8.09. The van der Waals surface area contributed by atoms with Crippen LogP contribution >= 0.6 is 11.6 Å². The lowest BCUT2D eigenvalue weighted by atomic mass is 9.74. The summed E-state index contributed by atoms with van der Waals surface area (Å²) in [5.41, 5.74) is -0.655. The van der Waals surface area contributed by atoms with Crippen LogP contribution in [0.5, 0.6) is 0 Å². The molecule has 1 fully saturated rings. The molecule has 0 bridgehead atoms. The quantitative estimate of drug-likeness (QED) is 0.634. The maximum Gasteiger partial charge on any atom is 0.253 e. The number of hydrogen-bond acceptors (Lipinski definition) is 3. The monoisotopic (exact) mass is 374 g/mol. The van der Waals surface area contributed by atoms with Gasteiger partial charge in [0.05, 0.1) is 0 Å². The van der Waals surface area contributed by atoms with Gasteiger partial charge in [-0.1, -0.05) is 29.8 Å². The van der Waals surface area contributed by atoms with Crippen molar-refractivity contribution in [2.24, 2.45) is 0 Å². The van der Waals surface area contributed by atoms with Crippen molar-refractivity contribution in [2.45, 2.75) is 18.3 Å². The predicted octanol–water partition coefficient (Wildman–Crippen LogP) is 4.45. The molecule has 134 valence electrons. The van der Waals surface area contributed by atoms with Gasteiger partial charge in [0.1, 0.15) is 5.69 Å². The fourth-order valence-electron chi connectivity index (χ4n) is 3.09. The second-order valence-corrected chi connectivity index (χ2v) is 6.33. The highest BCUT2D eigenvalue weighted by molar-refractivity contribution is 6.31. The zero-order chi connectivity index (χ0) is 18.0. The molecule has 0 aliphatic carbocycles. The van der Waals surface area contributed by atoms with Crippen LogP contribution in [0.25, 0.3) is 0 Å². The Bertz CT molecular complexity index is 755. The zero-order valence-electron chi connectivity index (χ0n) is 13.1. The molecule has 1 aliphatic rings. The minimum Gasteiger partial charge on any atom is -0.381 e. The highest BCUT2D eigenvalue weighted by atomic mass is 35.5. The van der Waals surface area contributed by atoms with Crippen LogP contribution in [0.3, 0.4) is 0 Å². The van der Waals surface area contributed by atoms with E-state index in [-0.39, 0.29) is 6.54 Å². The second-order valence-electron chi connectivity index (χ2n) is 5.92. The van der Waals surface area contributed by atoms with Gasteiger partial charge >= 0.3 is 0 Å². The van der Waals surface area contributed by atoms with E-state index in [1.165, 1.54) is 0 Å². The average Bonchev–Trinajstić information content (AvgIpc) is 2.61. The lowest BCUT2D eigenvalue weighted by Crippen LogP contribution is -2.40. The summed E-state index contributed by atoms with van der Waals surface area (Å²) < 4.78 is 59.7. The van der Waals surface area contributed by atoms with Crippen LogP contribution in [-0.4, -0.2) is 24.7 Å². The fourth-order valence-corrected chi connectivity index (χ4v) is 3.43. The third-order valence-electron chi connectivity index (χ3n) is 4.50. The Hall–Kier alpha value is -1.86. The summed E-state index contributed by atoms with van der Waals surface area (Å²) in [7, 11) is 0.